The molecule has 8 nitrogen and oxygen atoms in total. The van der Waals surface area contributed by atoms with Crippen molar-refractivity contribution >= 4 is 11.8 Å². The largest absolute Gasteiger partial charge is 0.393 e. The van der Waals surface area contributed by atoms with Crippen LogP contribution < -0.4 is 5.32 Å². The molecule has 1 aliphatic heterocycles. The van der Waals surface area contributed by atoms with Crippen molar-refractivity contribution in [3.63, 3.8) is 0 Å². The fourth-order valence-electron chi connectivity index (χ4n) is 5.83. The lowest BCUT2D eigenvalue weighted by Gasteiger charge is -2.47. The zero-order valence-corrected chi connectivity index (χ0v) is 19.9. The molecular formula is C24H41N3O5. The highest BCUT2D eigenvalue weighted by Gasteiger charge is 2.48. The van der Waals surface area contributed by atoms with Crippen molar-refractivity contribution in [2.75, 3.05) is 40.8 Å². The van der Waals surface area contributed by atoms with Gasteiger partial charge in [-0.15, -0.1) is 0 Å². The number of piperidine rings is 1. The van der Waals surface area contributed by atoms with Gasteiger partial charge in [-0.05, 0) is 51.6 Å². The summed E-state index contributed by atoms with van der Waals surface area (Å²) < 4.78 is 5.56. The van der Waals surface area contributed by atoms with E-state index in [1.165, 1.54) is 0 Å². The third-order valence-electron chi connectivity index (χ3n) is 7.70. The first-order valence-electron chi connectivity index (χ1n) is 12.0. The molecule has 3 aliphatic rings. The van der Waals surface area contributed by atoms with Crippen LogP contribution in [0.5, 0.6) is 0 Å². The Morgan fingerprint density at radius 3 is 2.56 bits per heavy atom. The van der Waals surface area contributed by atoms with Crippen LogP contribution in [0.25, 0.3) is 0 Å². The Kier molecular flexibility index (Phi) is 8.72. The lowest BCUT2D eigenvalue weighted by Crippen LogP contribution is -2.58. The van der Waals surface area contributed by atoms with Gasteiger partial charge >= 0.3 is 0 Å². The van der Waals surface area contributed by atoms with E-state index in [0.717, 1.165) is 32.2 Å². The maximum absolute atomic E-state index is 13.4. The Bertz CT molecular complexity index is 685. The highest BCUT2D eigenvalue weighted by molar-refractivity contribution is 5.87. The number of carbonyl (C=O) groups excluding carboxylic acids is 2. The summed E-state index contributed by atoms with van der Waals surface area (Å²) in [7, 11) is 5.47. The number of ether oxygens (including phenoxy) is 1. The molecule has 32 heavy (non-hydrogen) atoms. The third kappa shape index (κ3) is 5.90. The van der Waals surface area contributed by atoms with Crippen LogP contribution in [0.4, 0.5) is 0 Å². The Hall–Kier alpha value is -1.48. The van der Waals surface area contributed by atoms with Crippen LogP contribution in [-0.4, -0.2) is 97.0 Å². The molecule has 182 valence electrons. The highest BCUT2D eigenvalue weighted by atomic mass is 16.5. The minimum Gasteiger partial charge on any atom is -0.393 e. The van der Waals surface area contributed by atoms with Gasteiger partial charge in [0.1, 0.15) is 0 Å². The molecule has 3 rings (SSSR count). The summed E-state index contributed by atoms with van der Waals surface area (Å²) in [6, 6.07) is 0.130. The van der Waals surface area contributed by atoms with E-state index in [0.29, 0.717) is 24.9 Å². The van der Waals surface area contributed by atoms with Crippen LogP contribution in [-0.2, 0) is 14.3 Å². The molecule has 8 unspecified atom stereocenters. The minimum absolute atomic E-state index is 0.0557. The summed E-state index contributed by atoms with van der Waals surface area (Å²) in [4.78, 5) is 29.5. The van der Waals surface area contributed by atoms with Crippen LogP contribution in [0.15, 0.2) is 12.2 Å². The van der Waals surface area contributed by atoms with E-state index in [9.17, 15) is 19.8 Å². The van der Waals surface area contributed by atoms with Gasteiger partial charge < -0.3 is 30.1 Å². The molecule has 2 amide bonds. The molecule has 3 N–H and O–H groups in total. The molecule has 0 aromatic heterocycles. The number of likely N-dealkylation sites (N-methyl/N-ethyl adjacent to an activating group) is 1. The average molecular weight is 452 g/mol. The van der Waals surface area contributed by atoms with Gasteiger partial charge in [-0.2, -0.15) is 0 Å². The van der Waals surface area contributed by atoms with Gasteiger partial charge in [-0.3, -0.25) is 9.59 Å². The molecule has 0 spiro atoms. The average Bonchev–Trinajstić information content (AvgIpc) is 2.74. The van der Waals surface area contributed by atoms with Gasteiger partial charge in [-0.25, -0.2) is 0 Å². The number of likely N-dealkylation sites (tertiary alicyclic amines) is 1. The van der Waals surface area contributed by atoms with E-state index in [1.807, 2.05) is 36.9 Å². The van der Waals surface area contributed by atoms with Crippen molar-refractivity contribution in [1.29, 1.82) is 0 Å². The number of nitrogens with zero attached hydrogens (tertiary/aromatic N) is 2. The Balaban J connectivity index is 1.58. The fourth-order valence-corrected chi connectivity index (χ4v) is 5.83. The van der Waals surface area contributed by atoms with Crippen molar-refractivity contribution in [3.8, 4) is 0 Å². The van der Waals surface area contributed by atoms with Crippen LogP contribution in [0.2, 0.25) is 0 Å². The zero-order chi connectivity index (χ0) is 23.4. The second-order valence-corrected chi connectivity index (χ2v) is 10.2. The van der Waals surface area contributed by atoms with E-state index in [-0.39, 0.29) is 30.2 Å². The molecule has 8 heteroatoms. The maximum Gasteiger partial charge on any atom is 0.243 e. The number of fused-ring (bicyclic) bond motifs is 1. The molecule has 8 atom stereocenters. The fraction of sp³-hybridized carbons (Fsp3) is 0.833. The Morgan fingerprint density at radius 2 is 1.88 bits per heavy atom. The quantitative estimate of drug-likeness (QED) is 0.512. The van der Waals surface area contributed by atoms with Gasteiger partial charge in [0.05, 0.1) is 24.2 Å². The van der Waals surface area contributed by atoms with E-state index in [2.05, 4.69) is 5.32 Å². The van der Waals surface area contributed by atoms with Crippen molar-refractivity contribution in [1.82, 2.24) is 15.1 Å². The third-order valence-corrected chi connectivity index (χ3v) is 7.70. The zero-order valence-electron chi connectivity index (χ0n) is 19.9. The van der Waals surface area contributed by atoms with Crippen molar-refractivity contribution in [2.45, 2.75) is 63.4 Å². The molecule has 0 bridgehead atoms. The van der Waals surface area contributed by atoms with Crippen molar-refractivity contribution in [2.24, 2.45) is 23.7 Å². The SMILES string of the molecule is COC1C(C)C(O)CC(O)C1C(=O)N1CCC2CCC(NC(=O)/C=C/CN(C)C)CC2C1. The van der Waals surface area contributed by atoms with Crippen molar-refractivity contribution in [3.05, 3.63) is 12.2 Å². The van der Waals surface area contributed by atoms with Crippen LogP contribution in [0, 0.1) is 23.7 Å². The number of aliphatic hydroxyl groups excluding tert-OH is 2. The predicted molar refractivity (Wildman–Crippen MR) is 122 cm³/mol. The van der Waals surface area contributed by atoms with Gasteiger partial charge in [0.25, 0.3) is 0 Å². The number of methoxy groups -OCH3 is 1. The number of rotatable bonds is 6. The smallest absolute Gasteiger partial charge is 0.243 e. The van der Waals surface area contributed by atoms with Crippen LogP contribution >= 0.6 is 0 Å². The van der Waals surface area contributed by atoms with Gasteiger partial charge in [-0.1, -0.05) is 13.0 Å². The van der Waals surface area contributed by atoms with Crippen molar-refractivity contribution < 1.29 is 24.5 Å². The normalized spacial score (nSPS) is 38.0. The molecule has 2 saturated carbocycles. The maximum atomic E-state index is 13.4. The second kappa shape index (κ2) is 11.1. The highest BCUT2D eigenvalue weighted by Crippen LogP contribution is 2.39. The first-order chi connectivity index (χ1) is 15.2. The summed E-state index contributed by atoms with van der Waals surface area (Å²) in [5.41, 5.74) is 0. The molecule has 1 saturated heterocycles. The van der Waals surface area contributed by atoms with Gasteiger partial charge in [0, 0.05) is 51.2 Å². The lowest BCUT2D eigenvalue weighted by atomic mass is 9.71. The first-order valence-corrected chi connectivity index (χ1v) is 12.0. The number of hydrogen-bond acceptors (Lipinski definition) is 6. The summed E-state index contributed by atoms with van der Waals surface area (Å²) in [5.74, 6) is -0.0475. The minimum atomic E-state index is -0.899. The summed E-state index contributed by atoms with van der Waals surface area (Å²) in [6.45, 7) is 3.95. The van der Waals surface area contributed by atoms with Gasteiger partial charge in [0.15, 0.2) is 0 Å². The summed E-state index contributed by atoms with van der Waals surface area (Å²) in [6.07, 6.45) is 5.48. The van der Waals surface area contributed by atoms with E-state index >= 15 is 0 Å². The molecule has 0 aromatic carbocycles. The van der Waals surface area contributed by atoms with E-state index in [4.69, 9.17) is 4.74 Å². The number of aliphatic hydroxyl groups is 2. The molecule has 2 aliphatic carbocycles. The predicted octanol–water partition coefficient (Wildman–Crippen LogP) is 0.630. The number of nitrogens with one attached hydrogen (secondary N) is 1. The van der Waals surface area contributed by atoms with Crippen LogP contribution in [0.3, 0.4) is 0 Å². The molecule has 1 heterocycles. The topological polar surface area (TPSA) is 102 Å². The summed E-state index contributed by atoms with van der Waals surface area (Å²) in [5, 5.41) is 23.9. The van der Waals surface area contributed by atoms with Gasteiger partial charge in [0.2, 0.25) is 11.8 Å². The number of amides is 2. The monoisotopic (exact) mass is 451 g/mol. The molecule has 0 radical (unpaired) electrons. The van der Waals surface area contributed by atoms with Crippen LogP contribution in [0.1, 0.15) is 39.0 Å². The van der Waals surface area contributed by atoms with E-state index in [1.54, 1.807) is 13.2 Å². The van der Waals surface area contributed by atoms with E-state index < -0.39 is 24.2 Å². The molecule has 3 fully saturated rings. The molecule has 0 aromatic rings. The summed E-state index contributed by atoms with van der Waals surface area (Å²) >= 11 is 0. The number of hydrogen-bond donors (Lipinski definition) is 3. The second-order valence-electron chi connectivity index (χ2n) is 10.2. The first kappa shape index (κ1) is 25.1. The Labute approximate surface area is 192 Å². The Morgan fingerprint density at radius 1 is 1.12 bits per heavy atom. The lowest BCUT2D eigenvalue weighted by molar-refractivity contribution is -0.166. The molecular weight excluding hydrogens is 410 g/mol. The number of carbonyl (C=O) groups is 2. The standard InChI is InChI=1S/C24H41N3O5/c1-15-19(28)13-20(29)22(23(15)32-4)24(31)27-11-9-16-7-8-18(12-17(16)14-27)25-21(30)6-5-10-26(2)3/h5-6,15-20,22-23,28-29H,7-14H2,1-4H3,(H,25,30)/b6-5+.